The fraction of sp³-hybridized carbons (Fsp3) is 0.316. The van der Waals surface area contributed by atoms with Crippen molar-refractivity contribution >= 4 is 22.2 Å². The lowest BCUT2D eigenvalue weighted by Gasteiger charge is -2.33. The number of pyridine rings is 1. The number of aromatic nitrogens is 3. The van der Waals surface area contributed by atoms with Crippen LogP contribution in [0.3, 0.4) is 0 Å². The van der Waals surface area contributed by atoms with Gasteiger partial charge in [0.15, 0.2) is 0 Å². The Morgan fingerprint density at radius 1 is 1.03 bits per heavy atom. The van der Waals surface area contributed by atoms with Crippen molar-refractivity contribution in [3.05, 3.63) is 59.2 Å². The van der Waals surface area contributed by atoms with Gasteiger partial charge in [0, 0.05) is 44.1 Å². The summed E-state index contributed by atoms with van der Waals surface area (Å²) in [5, 5.41) is 4.44. The van der Waals surface area contributed by atoms with Gasteiger partial charge in [-0.3, -0.25) is 9.88 Å². The minimum atomic E-state index is -3.48. The Bertz CT molecular complexity index is 1130. The summed E-state index contributed by atoms with van der Waals surface area (Å²) in [6.07, 6.45) is 3.33. The molecule has 0 aliphatic carbocycles. The van der Waals surface area contributed by atoms with Gasteiger partial charge in [0.05, 0.1) is 11.6 Å². The zero-order valence-corrected chi connectivity index (χ0v) is 17.6. The highest BCUT2D eigenvalue weighted by Gasteiger charge is 2.28. The first-order chi connectivity index (χ1) is 13.9. The largest absolute Gasteiger partial charge is 0.409 e. The molecule has 2 aromatic heterocycles. The van der Waals surface area contributed by atoms with Crippen LogP contribution in [0.25, 0.3) is 11.5 Å². The molecule has 0 saturated carbocycles. The van der Waals surface area contributed by atoms with Gasteiger partial charge in [-0.05, 0) is 43.4 Å². The molecule has 8 nitrogen and oxygen atoms in total. The number of aryl methyl sites for hydroxylation is 1. The van der Waals surface area contributed by atoms with Gasteiger partial charge in [-0.25, -0.2) is 13.1 Å². The Kier molecular flexibility index (Phi) is 5.59. The lowest BCUT2D eigenvalue weighted by molar-refractivity contribution is 0.143. The van der Waals surface area contributed by atoms with E-state index in [4.69, 9.17) is 16.6 Å². The van der Waals surface area contributed by atoms with E-state index in [1.165, 1.54) is 4.31 Å². The Hall–Kier alpha value is -2.40. The van der Waals surface area contributed by atoms with Crippen LogP contribution < -0.4 is 0 Å². The number of rotatable bonds is 5. The van der Waals surface area contributed by atoms with Gasteiger partial charge in [-0.2, -0.15) is 4.31 Å². The zero-order chi connectivity index (χ0) is 20.4. The zero-order valence-electron chi connectivity index (χ0n) is 15.9. The van der Waals surface area contributed by atoms with E-state index in [0.29, 0.717) is 43.6 Å². The minimum absolute atomic E-state index is 0.284. The molecule has 0 spiro atoms. The van der Waals surface area contributed by atoms with E-state index in [0.717, 1.165) is 11.1 Å². The van der Waals surface area contributed by atoms with Crippen LogP contribution >= 0.6 is 12.2 Å². The first kappa shape index (κ1) is 19.9. The summed E-state index contributed by atoms with van der Waals surface area (Å²) in [4.78, 5) is 6.70. The number of hydrogen-bond donors (Lipinski definition) is 0. The topological polar surface area (TPSA) is 84.5 Å². The van der Waals surface area contributed by atoms with Gasteiger partial charge >= 0.3 is 0 Å². The Balaban J connectivity index is 1.41. The lowest BCUT2D eigenvalue weighted by Crippen LogP contribution is -2.48. The van der Waals surface area contributed by atoms with Crippen molar-refractivity contribution in [3.8, 4) is 11.5 Å². The van der Waals surface area contributed by atoms with E-state index < -0.39 is 10.0 Å². The summed E-state index contributed by atoms with van der Waals surface area (Å²) in [5.74, 6) is 0.443. The van der Waals surface area contributed by atoms with E-state index >= 15 is 0 Å². The molecule has 3 heterocycles. The summed E-state index contributed by atoms with van der Waals surface area (Å²) in [6, 6.07) is 10.6. The molecule has 0 radical (unpaired) electrons. The molecule has 0 amide bonds. The van der Waals surface area contributed by atoms with E-state index in [9.17, 15) is 8.42 Å². The average molecular weight is 432 g/mol. The number of sulfonamides is 1. The molecule has 152 valence electrons. The second-order valence-corrected chi connectivity index (χ2v) is 9.17. The van der Waals surface area contributed by atoms with Crippen LogP contribution in [-0.2, 0) is 16.7 Å². The van der Waals surface area contributed by atoms with E-state index in [1.807, 2.05) is 19.1 Å². The number of piperazine rings is 1. The van der Waals surface area contributed by atoms with E-state index in [1.54, 1.807) is 41.3 Å². The second-order valence-electron chi connectivity index (χ2n) is 6.89. The Labute approximate surface area is 174 Å². The van der Waals surface area contributed by atoms with Gasteiger partial charge in [-0.1, -0.05) is 17.7 Å². The van der Waals surface area contributed by atoms with Crippen LogP contribution in [-0.4, -0.2) is 58.6 Å². The summed E-state index contributed by atoms with van der Waals surface area (Å²) in [6.45, 7) is 4.39. The molecule has 0 unspecified atom stereocenters. The van der Waals surface area contributed by atoms with E-state index in [-0.39, 0.29) is 4.84 Å². The molecule has 1 fully saturated rings. The lowest BCUT2D eigenvalue weighted by atomic mass is 10.2. The average Bonchev–Trinajstić information content (AvgIpc) is 3.10. The molecular formula is C19H21N5O3S2. The highest BCUT2D eigenvalue weighted by Crippen LogP contribution is 2.19. The maximum Gasteiger partial charge on any atom is 0.288 e. The summed E-state index contributed by atoms with van der Waals surface area (Å²) < 4.78 is 34.4. The highest BCUT2D eigenvalue weighted by molar-refractivity contribution is 7.89. The summed E-state index contributed by atoms with van der Waals surface area (Å²) in [5.41, 5.74) is 1.84. The molecule has 0 N–H and O–H groups in total. The molecule has 1 aliphatic heterocycles. The first-order valence-electron chi connectivity index (χ1n) is 9.21. The second kappa shape index (κ2) is 8.15. The molecule has 0 bridgehead atoms. The third-order valence-electron chi connectivity index (χ3n) is 4.86. The number of hydrogen-bond acceptors (Lipinski definition) is 7. The fourth-order valence-electron chi connectivity index (χ4n) is 3.17. The molecule has 0 atom stereocenters. The van der Waals surface area contributed by atoms with Crippen molar-refractivity contribution in [1.82, 2.24) is 24.0 Å². The van der Waals surface area contributed by atoms with Crippen LogP contribution in [0.4, 0.5) is 0 Å². The van der Waals surface area contributed by atoms with Crippen LogP contribution in [0.1, 0.15) is 5.56 Å². The molecule has 29 heavy (non-hydrogen) atoms. The molecule has 4 rings (SSSR count). The van der Waals surface area contributed by atoms with Crippen molar-refractivity contribution in [2.24, 2.45) is 0 Å². The third-order valence-corrected chi connectivity index (χ3v) is 7.06. The van der Waals surface area contributed by atoms with E-state index in [2.05, 4.69) is 15.0 Å². The fourth-order valence-corrected chi connectivity index (χ4v) is 4.77. The molecule has 1 aromatic carbocycles. The number of nitrogens with zero attached hydrogens (tertiary/aromatic N) is 5. The maximum absolute atomic E-state index is 12.8. The molecular weight excluding hydrogens is 410 g/mol. The quantitative estimate of drug-likeness (QED) is 0.574. The number of benzene rings is 1. The first-order valence-corrected chi connectivity index (χ1v) is 11.1. The monoisotopic (exact) mass is 431 g/mol. The standard InChI is InChI=1S/C19H21N5O3S2/c1-15-2-4-17(5-3-15)29(25,26)23-12-10-22(11-13-23)14-24-19(28)27-18(21-24)16-6-8-20-9-7-16/h2-9H,10-14H2,1H3. The Morgan fingerprint density at radius 3 is 2.34 bits per heavy atom. The van der Waals surface area contributed by atoms with Crippen molar-refractivity contribution < 1.29 is 12.8 Å². The van der Waals surface area contributed by atoms with Crippen molar-refractivity contribution in [1.29, 1.82) is 0 Å². The maximum atomic E-state index is 12.8. The Morgan fingerprint density at radius 2 is 1.69 bits per heavy atom. The summed E-state index contributed by atoms with van der Waals surface area (Å²) >= 11 is 5.28. The van der Waals surface area contributed by atoms with Crippen molar-refractivity contribution in [2.45, 2.75) is 18.5 Å². The van der Waals surface area contributed by atoms with Crippen LogP contribution in [0.2, 0.25) is 0 Å². The smallest absolute Gasteiger partial charge is 0.288 e. The normalized spacial score (nSPS) is 16.2. The highest BCUT2D eigenvalue weighted by atomic mass is 32.2. The molecule has 1 saturated heterocycles. The van der Waals surface area contributed by atoms with Crippen LogP contribution in [0.15, 0.2) is 58.1 Å². The SMILES string of the molecule is Cc1ccc(S(=O)(=O)N2CCN(Cn3nc(-c4ccncc4)oc3=S)CC2)cc1. The van der Waals surface area contributed by atoms with Gasteiger partial charge in [0.25, 0.3) is 4.84 Å². The van der Waals surface area contributed by atoms with Gasteiger partial charge in [-0.15, -0.1) is 5.10 Å². The van der Waals surface area contributed by atoms with Crippen LogP contribution in [0.5, 0.6) is 0 Å². The van der Waals surface area contributed by atoms with Gasteiger partial charge < -0.3 is 4.42 Å². The van der Waals surface area contributed by atoms with Crippen molar-refractivity contribution in [2.75, 3.05) is 26.2 Å². The third kappa shape index (κ3) is 4.30. The molecule has 1 aliphatic rings. The van der Waals surface area contributed by atoms with Gasteiger partial charge in [0.1, 0.15) is 0 Å². The van der Waals surface area contributed by atoms with Crippen LogP contribution in [0, 0.1) is 11.8 Å². The molecule has 10 heteroatoms. The predicted molar refractivity (Wildman–Crippen MR) is 110 cm³/mol. The summed E-state index contributed by atoms with van der Waals surface area (Å²) in [7, 11) is -3.48. The predicted octanol–water partition coefficient (Wildman–Crippen LogP) is 2.54. The minimum Gasteiger partial charge on any atom is -0.409 e. The van der Waals surface area contributed by atoms with Crippen molar-refractivity contribution in [3.63, 3.8) is 0 Å². The molecule has 3 aromatic rings. The van der Waals surface area contributed by atoms with Gasteiger partial charge in [0.2, 0.25) is 15.9 Å².